The molecule has 0 radical (unpaired) electrons. The summed E-state index contributed by atoms with van der Waals surface area (Å²) in [7, 11) is 1.85. The minimum Gasteiger partial charge on any atom is -0.381 e. The molecule has 64 valence electrons. The Hall–Kier alpha value is -1.42. The molecule has 0 aromatic rings. The Morgan fingerprint density at radius 2 is 2.00 bits per heavy atom. The van der Waals surface area contributed by atoms with Crippen LogP contribution in [0.2, 0.25) is 0 Å². The van der Waals surface area contributed by atoms with Gasteiger partial charge in [-0.15, -0.1) is 0 Å². The van der Waals surface area contributed by atoms with E-state index in [9.17, 15) is 0 Å². The summed E-state index contributed by atoms with van der Waals surface area (Å²) < 4.78 is 0. The van der Waals surface area contributed by atoms with Crippen molar-refractivity contribution in [1.29, 1.82) is 0 Å². The van der Waals surface area contributed by atoms with Gasteiger partial charge in [-0.1, -0.05) is 18.4 Å². The van der Waals surface area contributed by atoms with Crippen molar-refractivity contribution in [2.45, 2.75) is 13.8 Å². The van der Waals surface area contributed by atoms with Crippen molar-refractivity contribution in [3.8, 4) is 0 Å². The van der Waals surface area contributed by atoms with E-state index < -0.39 is 0 Å². The summed E-state index contributed by atoms with van der Waals surface area (Å²) in [5.41, 5.74) is 8.64. The van der Waals surface area contributed by atoms with Crippen LogP contribution in [0, 0.1) is 0 Å². The maximum absolute atomic E-state index is 3.70. The summed E-state index contributed by atoms with van der Waals surface area (Å²) in [5, 5.41) is 3.02. The summed E-state index contributed by atoms with van der Waals surface area (Å²) in [4.78, 5) is 0. The third kappa shape index (κ3) is 2.67. The molecular weight excluding hydrogens is 146 g/mol. The molecule has 0 fully saturated rings. The van der Waals surface area contributed by atoms with Gasteiger partial charge in [0, 0.05) is 7.05 Å². The minimum absolute atomic E-state index is 0.905. The molecule has 1 N–H and O–H groups in total. The summed E-state index contributed by atoms with van der Waals surface area (Å²) in [6.45, 7) is 11.2. The highest BCUT2D eigenvalue weighted by atomic mass is 14.8. The molecule has 0 aromatic carbocycles. The number of likely N-dealkylation sites (N-methyl/N-ethyl adjacent to an activating group) is 1. The number of hydrogen-bond donors (Lipinski definition) is 1. The molecule has 1 nitrogen and oxygen atoms in total. The monoisotopic (exact) mass is 161 g/mol. The fourth-order valence-corrected chi connectivity index (χ4v) is 0.782. The molecule has 0 rings (SSSR count). The van der Waals surface area contributed by atoms with Gasteiger partial charge in [-0.3, -0.25) is 0 Å². The summed E-state index contributed by atoms with van der Waals surface area (Å²) in [5.74, 6) is 0. The first-order valence-electron chi connectivity index (χ1n) is 3.80. The Morgan fingerprint density at radius 3 is 2.33 bits per heavy atom. The van der Waals surface area contributed by atoms with Gasteiger partial charge < -0.3 is 5.32 Å². The number of hydrogen-bond acceptors (Lipinski definition) is 1. The lowest BCUT2D eigenvalue weighted by Crippen LogP contribution is -2.06. The third-order valence-electron chi connectivity index (χ3n) is 1.74. The summed E-state index contributed by atoms with van der Waals surface area (Å²) in [6, 6.07) is 0. The predicted molar refractivity (Wildman–Crippen MR) is 53.8 cm³/mol. The highest BCUT2D eigenvalue weighted by Crippen LogP contribution is 2.10. The molecule has 0 atom stereocenters. The van der Waals surface area contributed by atoms with E-state index in [-0.39, 0.29) is 0 Å². The van der Waals surface area contributed by atoms with E-state index in [0.29, 0.717) is 0 Å². The van der Waals surface area contributed by atoms with Gasteiger partial charge >= 0.3 is 0 Å². The fourth-order valence-electron chi connectivity index (χ4n) is 0.782. The zero-order valence-corrected chi connectivity index (χ0v) is 7.99. The molecule has 0 bridgehead atoms. The molecular formula is C11H15N. The van der Waals surface area contributed by atoms with Gasteiger partial charge in [0.1, 0.15) is 0 Å². The molecule has 0 aliphatic heterocycles. The maximum atomic E-state index is 3.70. The molecule has 12 heavy (non-hydrogen) atoms. The van der Waals surface area contributed by atoms with Gasteiger partial charge in [0.05, 0.1) is 5.70 Å². The van der Waals surface area contributed by atoms with Crippen molar-refractivity contribution in [2.75, 3.05) is 7.05 Å². The minimum atomic E-state index is 0.905. The largest absolute Gasteiger partial charge is 0.381 e. The highest BCUT2D eigenvalue weighted by Gasteiger charge is 1.97. The van der Waals surface area contributed by atoms with Crippen molar-refractivity contribution in [2.24, 2.45) is 0 Å². The predicted octanol–water partition coefficient (Wildman–Crippen LogP) is 2.55. The van der Waals surface area contributed by atoms with Gasteiger partial charge in [-0.2, -0.15) is 0 Å². The average molecular weight is 161 g/mol. The van der Waals surface area contributed by atoms with Crippen molar-refractivity contribution >= 4 is 0 Å². The Kier molecular flexibility index (Phi) is 4.64. The molecule has 0 aromatic heterocycles. The number of nitrogens with one attached hydrogen (secondary N) is 1. The molecule has 0 amide bonds. The van der Waals surface area contributed by atoms with Gasteiger partial charge in [-0.25, -0.2) is 0 Å². The molecule has 0 saturated carbocycles. The molecule has 0 aliphatic carbocycles. The van der Waals surface area contributed by atoms with Gasteiger partial charge in [-0.05, 0) is 37.3 Å². The normalized spacial score (nSPS) is 10.6. The van der Waals surface area contributed by atoms with Crippen LogP contribution in [0.3, 0.4) is 0 Å². The van der Waals surface area contributed by atoms with Gasteiger partial charge in [0.25, 0.3) is 0 Å². The smallest absolute Gasteiger partial charge is 0.0886 e. The topological polar surface area (TPSA) is 12.0 Å². The second-order valence-corrected chi connectivity index (χ2v) is 2.44. The number of rotatable bonds is 3. The Balaban J connectivity index is 5.16. The lowest BCUT2D eigenvalue weighted by Gasteiger charge is -2.05. The lowest BCUT2D eigenvalue weighted by molar-refractivity contribution is 0.995. The Labute approximate surface area is 74.5 Å². The van der Waals surface area contributed by atoms with E-state index in [2.05, 4.69) is 29.9 Å². The van der Waals surface area contributed by atoms with Crippen LogP contribution < -0.4 is 5.32 Å². The Bertz CT molecular complexity index is 282. The van der Waals surface area contributed by atoms with Crippen LogP contribution in [-0.4, -0.2) is 7.05 Å². The second kappa shape index (κ2) is 5.26. The summed E-state index contributed by atoms with van der Waals surface area (Å²) in [6.07, 6.45) is 1.82. The van der Waals surface area contributed by atoms with Gasteiger partial charge in [0.15, 0.2) is 0 Å². The zero-order valence-electron chi connectivity index (χ0n) is 7.99. The molecule has 1 heteroatoms. The van der Waals surface area contributed by atoms with Crippen molar-refractivity contribution in [1.82, 2.24) is 5.32 Å². The molecule has 0 aliphatic rings. The quantitative estimate of drug-likeness (QED) is 0.495. The van der Waals surface area contributed by atoms with Crippen LogP contribution in [0.25, 0.3) is 0 Å². The highest BCUT2D eigenvalue weighted by molar-refractivity contribution is 5.35. The molecule has 0 saturated heterocycles. The van der Waals surface area contributed by atoms with Crippen molar-refractivity contribution in [3.63, 3.8) is 0 Å². The van der Waals surface area contributed by atoms with E-state index in [1.54, 1.807) is 0 Å². The Morgan fingerprint density at radius 1 is 1.42 bits per heavy atom. The van der Waals surface area contributed by atoms with Crippen LogP contribution in [0.1, 0.15) is 13.8 Å². The average Bonchev–Trinajstić information content (AvgIpc) is 2.11. The summed E-state index contributed by atoms with van der Waals surface area (Å²) >= 11 is 0. The third-order valence-corrected chi connectivity index (χ3v) is 1.74. The van der Waals surface area contributed by atoms with Crippen LogP contribution in [0.15, 0.2) is 47.5 Å². The van der Waals surface area contributed by atoms with Crippen LogP contribution in [-0.2, 0) is 0 Å². The van der Waals surface area contributed by atoms with Crippen molar-refractivity contribution in [3.05, 3.63) is 47.5 Å². The first-order valence-corrected chi connectivity index (χ1v) is 3.80. The first-order chi connectivity index (χ1) is 5.67. The molecule has 0 heterocycles. The van der Waals surface area contributed by atoms with Crippen LogP contribution in [0.4, 0.5) is 0 Å². The second-order valence-electron chi connectivity index (χ2n) is 2.44. The fraction of sp³-hybridized carbons (Fsp3) is 0.273. The van der Waals surface area contributed by atoms with Crippen LogP contribution >= 0.6 is 0 Å². The van der Waals surface area contributed by atoms with Gasteiger partial charge in [0.2, 0.25) is 0 Å². The molecule has 0 unspecified atom stereocenters. The van der Waals surface area contributed by atoms with E-state index >= 15 is 0 Å². The zero-order chi connectivity index (χ0) is 9.56. The van der Waals surface area contributed by atoms with E-state index in [1.165, 1.54) is 0 Å². The van der Waals surface area contributed by atoms with E-state index in [0.717, 1.165) is 16.8 Å². The van der Waals surface area contributed by atoms with E-state index in [4.69, 9.17) is 0 Å². The van der Waals surface area contributed by atoms with Crippen LogP contribution in [0.5, 0.6) is 0 Å². The maximum Gasteiger partial charge on any atom is 0.0886 e. The van der Waals surface area contributed by atoms with E-state index in [1.807, 2.05) is 27.0 Å². The number of allylic oxidation sites excluding steroid dienone is 3. The first kappa shape index (κ1) is 10.6. The standard InChI is InChI=1S/C11H15N/c1-6-8-11(12-5)10(4)9(3)7-2/h7,12H,1-2H2,3-5H3/b10-9-. The lowest BCUT2D eigenvalue weighted by atomic mass is 10.1. The molecule has 0 spiro atoms. The van der Waals surface area contributed by atoms with Crippen molar-refractivity contribution < 1.29 is 0 Å². The SMILES string of the molecule is C=C=C=C(NC)/C(C)=C(/C)C=C.